The summed E-state index contributed by atoms with van der Waals surface area (Å²) in [6.45, 7) is 0.322. The molecule has 1 fully saturated rings. The summed E-state index contributed by atoms with van der Waals surface area (Å²) in [4.78, 5) is 0. The summed E-state index contributed by atoms with van der Waals surface area (Å²) in [5.74, 6) is -1.12. The Labute approximate surface area is 125 Å². The molecule has 0 radical (unpaired) electrons. The molecule has 0 bridgehead atoms. The summed E-state index contributed by atoms with van der Waals surface area (Å²) in [5.41, 5.74) is 0.0330. The van der Waals surface area contributed by atoms with Crippen molar-refractivity contribution in [3.8, 4) is 0 Å². The average Bonchev–Trinajstić information content (AvgIpc) is 2.92. The second kappa shape index (κ2) is 7.33. The van der Waals surface area contributed by atoms with E-state index in [2.05, 4.69) is 21.2 Å². The Bertz CT molecular complexity index is 453. The molecule has 20 heavy (non-hydrogen) atoms. The largest absolute Gasteiger partial charge is 0.389 e. The Morgan fingerprint density at radius 2 is 2.00 bits per heavy atom. The third-order valence-electron chi connectivity index (χ3n) is 3.36. The monoisotopic (exact) mass is 349 g/mol. The van der Waals surface area contributed by atoms with Gasteiger partial charge in [-0.3, -0.25) is 0 Å². The number of ether oxygens (including phenoxy) is 1. The van der Waals surface area contributed by atoms with E-state index in [0.29, 0.717) is 0 Å². The fourth-order valence-electron chi connectivity index (χ4n) is 2.25. The van der Waals surface area contributed by atoms with Crippen LogP contribution in [0.1, 0.15) is 25.7 Å². The fourth-order valence-corrected chi connectivity index (χ4v) is 2.56. The maximum Gasteiger partial charge on any atom is 0.147 e. The third-order valence-corrected chi connectivity index (χ3v) is 3.97. The minimum Gasteiger partial charge on any atom is -0.389 e. The zero-order valence-corrected chi connectivity index (χ0v) is 12.6. The molecule has 1 unspecified atom stereocenters. The second-order valence-corrected chi connectivity index (χ2v) is 5.88. The van der Waals surface area contributed by atoms with Gasteiger partial charge < -0.3 is 15.2 Å². The summed E-state index contributed by atoms with van der Waals surface area (Å²) in [5, 5.41) is 12.5. The van der Waals surface area contributed by atoms with Crippen molar-refractivity contribution in [1.82, 2.24) is 0 Å². The molecule has 0 aliphatic heterocycles. The lowest BCUT2D eigenvalue weighted by atomic mass is 10.2. The van der Waals surface area contributed by atoms with Crippen LogP contribution in [0.4, 0.5) is 14.5 Å². The van der Waals surface area contributed by atoms with Crippen LogP contribution in [0.5, 0.6) is 0 Å². The van der Waals surface area contributed by atoms with E-state index < -0.39 is 17.7 Å². The molecule has 1 atom stereocenters. The predicted molar refractivity (Wildman–Crippen MR) is 76.8 cm³/mol. The highest BCUT2D eigenvalue weighted by Crippen LogP contribution is 2.23. The first-order chi connectivity index (χ1) is 9.56. The lowest BCUT2D eigenvalue weighted by Gasteiger charge is -2.17. The molecule has 1 aliphatic rings. The molecular weight excluding hydrogens is 332 g/mol. The minimum atomic E-state index is -0.748. The van der Waals surface area contributed by atoms with Gasteiger partial charge in [0.1, 0.15) is 11.6 Å². The van der Waals surface area contributed by atoms with Crippen LogP contribution in [-0.2, 0) is 4.74 Å². The van der Waals surface area contributed by atoms with Gasteiger partial charge in [0.25, 0.3) is 0 Å². The summed E-state index contributed by atoms with van der Waals surface area (Å²) in [6.07, 6.45) is 3.89. The van der Waals surface area contributed by atoms with E-state index >= 15 is 0 Å². The number of benzene rings is 1. The normalized spacial score (nSPS) is 17.4. The van der Waals surface area contributed by atoms with Crippen LogP contribution >= 0.6 is 15.9 Å². The lowest BCUT2D eigenvalue weighted by Crippen LogP contribution is -2.27. The SMILES string of the molecule is OC(CNc1cc(F)c(Br)cc1F)COC1CCCC1. The van der Waals surface area contributed by atoms with Gasteiger partial charge in [-0.15, -0.1) is 0 Å². The lowest BCUT2D eigenvalue weighted by molar-refractivity contribution is -0.00119. The van der Waals surface area contributed by atoms with Crippen molar-refractivity contribution in [2.24, 2.45) is 0 Å². The van der Waals surface area contributed by atoms with Gasteiger partial charge in [0.05, 0.1) is 29.0 Å². The van der Waals surface area contributed by atoms with Crippen molar-refractivity contribution >= 4 is 21.6 Å². The number of rotatable bonds is 6. The summed E-state index contributed by atoms with van der Waals surface area (Å²) < 4.78 is 32.5. The van der Waals surface area contributed by atoms with Crippen molar-refractivity contribution in [3.05, 3.63) is 28.2 Å². The number of hydrogen-bond donors (Lipinski definition) is 2. The number of anilines is 1. The maximum atomic E-state index is 13.5. The van der Waals surface area contributed by atoms with Gasteiger partial charge in [0.2, 0.25) is 0 Å². The van der Waals surface area contributed by atoms with Crippen molar-refractivity contribution in [1.29, 1.82) is 0 Å². The molecule has 1 aliphatic carbocycles. The first-order valence-electron chi connectivity index (χ1n) is 6.74. The number of aliphatic hydroxyl groups excluding tert-OH is 1. The van der Waals surface area contributed by atoms with Crippen molar-refractivity contribution in [3.63, 3.8) is 0 Å². The Balaban J connectivity index is 1.77. The third kappa shape index (κ3) is 4.40. The highest BCUT2D eigenvalue weighted by molar-refractivity contribution is 9.10. The number of hydrogen-bond acceptors (Lipinski definition) is 3. The molecule has 3 nitrogen and oxygen atoms in total. The van der Waals surface area contributed by atoms with E-state index in [1.54, 1.807) is 0 Å². The number of halogens is 3. The van der Waals surface area contributed by atoms with Gasteiger partial charge in [-0.05, 0) is 34.8 Å². The molecule has 0 spiro atoms. The maximum absolute atomic E-state index is 13.5. The van der Waals surface area contributed by atoms with Crippen LogP contribution in [-0.4, -0.2) is 30.5 Å². The molecule has 1 aromatic carbocycles. The number of aliphatic hydroxyl groups is 1. The van der Waals surface area contributed by atoms with E-state index in [1.165, 1.54) is 12.8 Å². The smallest absolute Gasteiger partial charge is 0.147 e. The molecule has 0 heterocycles. The van der Waals surface area contributed by atoms with Crippen LogP contribution in [0.15, 0.2) is 16.6 Å². The van der Waals surface area contributed by atoms with Gasteiger partial charge in [-0.2, -0.15) is 0 Å². The van der Waals surface area contributed by atoms with Crippen molar-refractivity contribution in [2.75, 3.05) is 18.5 Å². The molecular formula is C14H18BrF2NO2. The molecule has 2 rings (SSSR count). The van der Waals surface area contributed by atoms with Gasteiger partial charge in [0, 0.05) is 12.6 Å². The fraction of sp³-hybridized carbons (Fsp3) is 0.571. The van der Waals surface area contributed by atoms with E-state index in [-0.39, 0.29) is 29.4 Å². The van der Waals surface area contributed by atoms with E-state index in [1.807, 2.05) is 0 Å². The van der Waals surface area contributed by atoms with E-state index in [0.717, 1.165) is 25.0 Å². The zero-order chi connectivity index (χ0) is 14.5. The Hall–Kier alpha value is -0.720. The Kier molecular flexibility index (Phi) is 5.74. The van der Waals surface area contributed by atoms with Crippen LogP contribution < -0.4 is 5.32 Å². The Morgan fingerprint density at radius 1 is 1.30 bits per heavy atom. The highest BCUT2D eigenvalue weighted by Gasteiger charge is 2.17. The zero-order valence-electron chi connectivity index (χ0n) is 11.0. The quantitative estimate of drug-likeness (QED) is 0.772. The van der Waals surface area contributed by atoms with E-state index in [4.69, 9.17) is 4.74 Å². The van der Waals surface area contributed by atoms with Crippen molar-refractivity contribution in [2.45, 2.75) is 37.9 Å². The second-order valence-electron chi connectivity index (χ2n) is 5.02. The van der Waals surface area contributed by atoms with Gasteiger partial charge in [0.15, 0.2) is 0 Å². The minimum absolute atomic E-state index is 0.0330. The van der Waals surface area contributed by atoms with Crippen LogP contribution in [0.3, 0.4) is 0 Å². The molecule has 1 saturated carbocycles. The molecule has 1 aromatic rings. The predicted octanol–water partition coefficient (Wildman–Crippen LogP) is 3.46. The summed E-state index contributed by atoms with van der Waals surface area (Å²) in [6, 6.07) is 2.11. The molecule has 0 amide bonds. The average molecular weight is 350 g/mol. The van der Waals surface area contributed by atoms with Crippen LogP contribution in [0, 0.1) is 11.6 Å². The standard InChI is InChI=1S/C14H18BrF2NO2/c15-11-5-13(17)14(6-12(11)16)18-7-9(19)8-20-10-3-1-2-4-10/h5-6,9-10,18-19H,1-4,7-8H2. The highest BCUT2D eigenvalue weighted by atomic mass is 79.9. The summed E-state index contributed by atoms with van der Waals surface area (Å²) >= 11 is 2.91. The van der Waals surface area contributed by atoms with Crippen molar-refractivity contribution < 1.29 is 18.6 Å². The first kappa shape index (κ1) is 15.7. The first-order valence-corrected chi connectivity index (χ1v) is 7.53. The van der Waals surface area contributed by atoms with Gasteiger partial charge >= 0.3 is 0 Å². The topological polar surface area (TPSA) is 41.5 Å². The molecule has 0 saturated heterocycles. The molecule has 112 valence electrons. The van der Waals surface area contributed by atoms with Gasteiger partial charge in [-0.1, -0.05) is 12.8 Å². The van der Waals surface area contributed by atoms with Gasteiger partial charge in [-0.25, -0.2) is 8.78 Å². The Morgan fingerprint density at radius 3 is 2.70 bits per heavy atom. The van der Waals surface area contributed by atoms with Crippen LogP contribution in [0.2, 0.25) is 0 Å². The molecule has 6 heteroatoms. The van der Waals surface area contributed by atoms with E-state index in [9.17, 15) is 13.9 Å². The molecule has 2 N–H and O–H groups in total. The summed E-state index contributed by atoms with van der Waals surface area (Å²) in [7, 11) is 0. The number of nitrogens with one attached hydrogen (secondary N) is 1. The van der Waals surface area contributed by atoms with Crippen LogP contribution in [0.25, 0.3) is 0 Å². The molecule has 0 aromatic heterocycles.